The van der Waals surface area contributed by atoms with Gasteiger partial charge < -0.3 is 14.6 Å². The fourth-order valence-corrected chi connectivity index (χ4v) is 4.25. The van der Waals surface area contributed by atoms with Gasteiger partial charge in [0.25, 0.3) is 0 Å². The number of nitrogens with one attached hydrogen (secondary N) is 1. The number of anilines is 1. The van der Waals surface area contributed by atoms with E-state index in [-0.39, 0.29) is 11.7 Å². The number of fused-ring (bicyclic) bond motifs is 1. The van der Waals surface area contributed by atoms with Crippen LogP contribution in [0.4, 0.5) is 5.13 Å². The van der Waals surface area contributed by atoms with E-state index in [0.717, 1.165) is 46.3 Å². The Morgan fingerprint density at radius 3 is 2.92 bits per heavy atom. The van der Waals surface area contributed by atoms with Gasteiger partial charge in [-0.15, -0.1) is 10.2 Å². The number of hydrogen-bond acceptors (Lipinski definition) is 7. The van der Waals surface area contributed by atoms with Crippen LogP contribution in [0.15, 0.2) is 23.4 Å². The highest BCUT2D eigenvalue weighted by Gasteiger charge is 2.14. The lowest BCUT2D eigenvalue weighted by Gasteiger charge is -2.06. The zero-order valence-electron chi connectivity index (χ0n) is 15.0. The van der Waals surface area contributed by atoms with E-state index < -0.39 is 0 Å². The monoisotopic (exact) mass is 391 g/mol. The van der Waals surface area contributed by atoms with Crippen LogP contribution in [-0.4, -0.2) is 38.5 Å². The number of methoxy groups -OCH3 is 1. The van der Waals surface area contributed by atoms with E-state index in [1.165, 1.54) is 23.1 Å². The summed E-state index contributed by atoms with van der Waals surface area (Å²) in [7, 11) is 1.63. The number of carbonyl (C=O) groups excluding carboxylic acids is 1. The van der Waals surface area contributed by atoms with E-state index >= 15 is 0 Å². The van der Waals surface area contributed by atoms with Crippen molar-refractivity contribution in [3.63, 3.8) is 0 Å². The number of amides is 1. The Morgan fingerprint density at radius 2 is 2.19 bits per heavy atom. The predicted molar refractivity (Wildman–Crippen MR) is 105 cm³/mol. The Labute approximate surface area is 160 Å². The second-order valence-electron chi connectivity index (χ2n) is 5.58. The normalized spacial score (nSPS) is 11.0. The van der Waals surface area contributed by atoms with Crippen molar-refractivity contribution in [3.8, 4) is 5.75 Å². The van der Waals surface area contributed by atoms with E-state index in [4.69, 9.17) is 4.74 Å². The molecule has 2 aromatic heterocycles. The molecule has 26 heavy (non-hydrogen) atoms. The maximum absolute atomic E-state index is 12.3. The molecule has 0 aliphatic carbocycles. The molecule has 3 rings (SSSR count). The Morgan fingerprint density at radius 1 is 1.35 bits per heavy atom. The summed E-state index contributed by atoms with van der Waals surface area (Å²) >= 11 is 2.82. The largest absolute Gasteiger partial charge is 0.497 e. The van der Waals surface area contributed by atoms with Gasteiger partial charge in [0.15, 0.2) is 10.3 Å². The number of carbonyl (C=O) groups is 1. The van der Waals surface area contributed by atoms with E-state index in [2.05, 4.69) is 38.9 Å². The molecule has 1 aromatic carbocycles. The number of aromatic nitrogens is 4. The highest BCUT2D eigenvalue weighted by Crippen LogP contribution is 2.29. The number of rotatable bonds is 8. The van der Waals surface area contributed by atoms with Crippen molar-refractivity contribution >= 4 is 44.4 Å². The molecule has 0 radical (unpaired) electrons. The van der Waals surface area contributed by atoms with E-state index in [1.807, 2.05) is 18.2 Å². The van der Waals surface area contributed by atoms with Gasteiger partial charge in [-0.3, -0.25) is 4.79 Å². The highest BCUT2D eigenvalue weighted by atomic mass is 32.2. The molecule has 9 heteroatoms. The number of benzene rings is 1. The summed E-state index contributed by atoms with van der Waals surface area (Å²) in [6.45, 7) is 4.97. The minimum absolute atomic E-state index is 0.108. The minimum Gasteiger partial charge on any atom is -0.497 e. The van der Waals surface area contributed by atoms with Gasteiger partial charge in [0.05, 0.1) is 23.1 Å². The van der Waals surface area contributed by atoms with Gasteiger partial charge in [-0.1, -0.05) is 30.0 Å². The molecule has 0 saturated carbocycles. The van der Waals surface area contributed by atoms with Crippen molar-refractivity contribution in [1.82, 2.24) is 19.7 Å². The lowest BCUT2D eigenvalue weighted by Crippen LogP contribution is -2.14. The zero-order chi connectivity index (χ0) is 18.5. The topological polar surface area (TPSA) is 81.9 Å². The number of thioether (sulfide) groups is 1. The Balaban J connectivity index is 1.62. The molecule has 1 N–H and O–H groups in total. The molecular formula is C17H21N5O2S2. The van der Waals surface area contributed by atoms with Crippen molar-refractivity contribution in [2.75, 3.05) is 18.2 Å². The summed E-state index contributed by atoms with van der Waals surface area (Å²) in [4.78, 5) is 16.7. The van der Waals surface area contributed by atoms with Gasteiger partial charge in [0, 0.05) is 13.0 Å². The molecule has 0 saturated heterocycles. The van der Waals surface area contributed by atoms with Crippen LogP contribution in [0.5, 0.6) is 5.75 Å². The van der Waals surface area contributed by atoms with Gasteiger partial charge in [0.1, 0.15) is 11.6 Å². The number of ether oxygens (including phenoxy) is 1. The third kappa shape index (κ3) is 4.16. The van der Waals surface area contributed by atoms with Crippen LogP contribution in [0.3, 0.4) is 0 Å². The molecule has 0 aliphatic rings. The van der Waals surface area contributed by atoms with E-state index in [1.54, 1.807) is 7.11 Å². The summed E-state index contributed by atoms with van der Waals surface area (Å²) < 4.78 is 8.25. The lowest BCUT2D eigenvalue weighted by atomic mass is 10.3. The first-order chi connectivity index (χ1) is 12.6. The molecule has 3 aromatic rings. The fourth-order valence-electron chi connectivity index (χ4n) is 2.52. The molecular weight excluding hydrogens is 370 g/mol. The van der Waals surface area contributed by atoms with Crippen molar-refractivity contribution < 1.29 is 9.53 Å². The van der Waals surface area contributed by atoms with Gasteiger partial charge in [0.2, 0.25) is 5.91 Å². The number of aryl methyl sites for hydroxylation is 1. The van der Waals surface area contributed by atoms with Gasteiger partial charge in [-0.2, -0.15) is 0 Å². The maximum Gasteiger partial charge on any atom is 0.236 e. The summed E-state index contributed by atoms with van der Waals surface area (Å²) in [5.41, 5.74) is 0.841. The molecule has 0 spiro atoms. The van der Waals surface area contributed by atoms with Gasteiger partial charge >= 0.3 is 0 Å². The number of hydrogen-bond donors (Lipinski definition) is 1. The van der Waals surface area contributed by atoms with Crippen molar-refractivity contribution in [3.05, 3.63) is 24.0 Å². The average molecular weight is 392 g/mol. The predicted octanol–water partition coefficient (Wildman–Crippen LogP) is 3.60. The van der Waals surface area contributed by atoms with Gasteiger partial charge in [-0.25, -0.2) is 4.98 Å². The SMILES string of the molecule is CCCc1nnc(SCC(=O)Nc2nc3ccc(OC)cc3s2)n1CC. The fraction of sp³-hybridized carbons (Fsp3) is 0.412. The molecule has 0 unspecified atom stereocenters. The van der Waals surface area contributed by atoms with Crippen LogP contribution < -0.4 is 10.1 Å². The summed E-state index contributed by atoms with van der Waals surface area (Å²) in [6.07, 6.45) is 1.91. The average Bonchev–Trinajstić information content (AvgIpc) is 3.22. The highest BCUT2D eigenvalue weighted by molar-refractivity contribution is 7.99. The van der Waals surface area contributed by atoms with Crippen molar-refractivity contribution in [2.24, 2.45) is 0 Å². The maximum atomic E-state index is 12.3. The number of thiazole rings is 1. The molecule has 138 valence electrons. The standard InChI is InChI=1S/C17H21N5O2S2/c1-4-6-14-20-21-17(22(14)5-2)25-10-15(23)19-16-18-12-8-7-11(24-3)9-13(12)26-16/h7-9H,4-6,10H2,1-3H3,(H,18,19,23). The van der Waals surface area contributed by atoms with E-state index in [0.29, 0.717) is 5.13 Å². The minimum atomic E-state index is -0.108. The first-order valence-corrected chi connectivity index (χ1v) is 10.2. The molecule has 0 aliphatic heterocycles. The summed E-state index contributed by atoms with van der Waals surface area (Å²) in [5.74, 6) is 1.90. The van der Waals surface area contributed by atoms with Crippen LogP contribution in [-0.2, 0) is 17.8 Å². The molecule has 0 fully saturated rings. The first-order valence-electron chi connectivity index (χ1n) is 8.43. The smallest absolute Gasteiger partial charge is 0.236 e. The molecule has 0 bridgehead atoms. The summed E-state index contributed by atoms with van der Waals surface area (Å²) in [5, 5.41) is 12.7. The van der Waals surface area contributed by atoms with E-state index in [9.17, 15) is 4.79 Å². The lowest BCUT2D eigenvalue weighted by molar-refractivity contribution is -0.113. The second-order valence-corrected chi connectivity index (χ2v) is 7.56. The summed E-state index contributed by atoms with van der Waals surface area (Å²) in [6, 6.07) is 5.65. The molecule has 2 heterocycles. The van der Waals surface area contributed by atoms with Crippen LogP contribution in [0.25, 0.3) is 10.2 Å². The Hall–Kier alpha value is -2.13. The first kappa shape index (κ1) is 18.7. The van der Waals surface area contributed by atoms with Crippen LogP contribution in [0, 0.1) is 0 Å². The molecule has 1 amide bonds. The quantitative estimate of drug-likeness (QED) is 0.591. The molecule has 0 atom stereocenters. The van der Waals surface area contributed by atoms with Crippen LogP contribution in [0.1, 0.15) is 26.1 Å². The van der Waals surface area contributed by atoms with Crippen LogP contribution in [0.2, 0.25) is 0 Å². The molecule has 7 nitrogen and oxygen atoms in total. The number of nitrogens with zero attached hydrogens (tertiary/aromatic N) is 4. The van der Waals surface area contributed by atoms with Gasteiger partial charge in [-0.05, 0) is 31.5 Å². The van der Waals surface area contributed by atoms with Crippen LogP contribution >= 0.6 is 23.1 Å². The van der Waals surface area contributed by atoms with Crippen molar-refractivity contribution in [2.45, 2.75) is 38.4 Å². The third-order valence-electron chi connectivity index (χ3n) is 3.76. The Bertz CT molecular complexity index is 906. The van der Waals surface area contributed by atoms with Crippen molar-refractivity contribution in [1.29, 1.82) is 0 Å². The second kappa shape index (κ2) is 8.50. The zero-order valence-corrected chi connectivity index (χ0v) is 16.6. The Kier molecular flexibility index (Phi) is 6.10. The third-order valence-corrected chi connectivity index (χ3v) is 5.66.